The third kappa shape index (κ3) is 43.6. The first kappa shape index (κ1) is 44.6. The van der Waals surface area contributed by atoms with E-state index in [1.807, 2.05) is 0 Å². The standard InChI is InChI=1S/C40H78N2OS2/c43-39-41-37-35-33-31-29-27-25-23-21-19-17-15-13-11-9-7-5-3-1-2-4-6-8-10-12-14-16-18-20-22-24-26-28-30-32-34-36-38-42-40(44)45/h1-38H2,(H2,42,44,45). The van der Waals surface area contributed by atoms with E-state index < -0.39 is 0 Å². The summed E-state index contributed by atoms with van der Waals surface area (Å²) in [5.74, 6) is 0. The van der Waals surface area contributed by atoms with Crippen LogP contribution in [0.4, 0.5) is 0 Å². The molecular weight excluding hydrogens is 589 g/mol. The van der Waals surface area contributed by atoms with Crippen LogP contribution >= 0.6 is 24.8 Å². The molecule has 5 heteroatoms. The zero-order valence-corrected chi connectivity index (χ0v) is 31.8. The van der Waals surface area contributed by atoms with Crippen molar-refractivity contribution in [1.82, 2.24) is 5.32 Å². The van der Waals surface area contributed by atoms with Gasteiger partial charge in [0, 0.05) is 6.54 Å². The summed E-state index contributed by atoms with van der Waals surface area (Å²) in [5.41, 5.74) is 0. The first-order valence-corrected chi connectivity index (χ1v) is 21.1. The lowest BCUT2D eigenvalue weighted by Gasteiger charge is -2.05. The summed E-state index contributed by atoms with van der Waals surface area (Å²) < 4.78 is 0.627. The SMILES string of the molecule is O=C=NCCCCCCCCCCCCCCCCCCCCCCCCCCCCCCCCCCCCCCNC(=S)S. The van der Waals surface area contributed by atoms with E-state index in [1.165, 1.54) is 225 Å². The maximum absolute atomic E-state index is 10.0. The maximum Gasteiger partial charge on any atom is 0.234 e. The summed E-state index contributed by atoms with van der Waals surface area (Å²) >= 11 is 9.00. The summed E-state index contributed by atoms with van der Waals surface area (Å²) in [5, 5.41) is 3.12. The van der Waals surface area contributed by atoms with E-state index in [0.29, 0.717) is 10.9 Å². The van der Waals surface area contributed by atoms with Crippen molar-refractivity contribution in [3.8, 4) is 0 Å². The number of thiocarbonyl (C=S) groups is 1. The van der Waals surface area contributed by atoms with Crippen LogP contribution in [0.2, 0.25) is 0 Å². The largest absolute Gasteiger partial charge is 0.371 e. The quantitative estimate of drug-likeness (QED) is 0.0225. The first-order chi connectivity index (χ1) is 22.3. The van der Waals surface area contributed by atoms with Gasteiger partial charge in [0.25, 0.3) is 0 Å². The zero-order valence-electron chi connectivity index (χ0n) is 30.1. The number of unbranched alkanes of at least 4 members (excludes halogenated alkanes) is 35. The molecule has 0 heterocycles. The van der Waals surface area contributed by atoms with Crippen LogP contribution in [-0.4, -0.2) is 23.5 Å². The minimum Gasteiger partial charge on any atom is -0.371 e. The van der Waals surface area contributed by atoms with E-state index in [0.717, 1.165) is 13.0 Å². The Kier molecular flexibility index (Phi) is 41.3. The van der Waals surface area contributed by atoms with Crippen molar-refractivity contribution in [2.45, 2.75) is 231 Å². The van der Waals surface area contributed by atoms with E-state index in [4.69, 9.17) is 12.2 Å². The number of hydrogen-bond donors (Lipinski definition) is 2. The molecule has 0 spiro atoms. The molecule has 0 aromatic carbocycles. The van der Waals surface area contributed by atoms with Crippen molar-refractivity contribution in [3.05, 3.63) is 0 Å². The number of rotatable bonds is 39. The van der Waals surface area contributed by atoms with Crippen LogP contribution in [0.25, 0.3) is 0 Å². The Hall–Kier alpha value is -0.380. The molecular formula is C40H78N2OS2. The predicted octanol–water partition coefficient (Wildman–Crippen LogP) is 14.2. The molecule has 0 aliphatic heterocycles. The average molecular weight is 667 g/mol. The zero-order chi connectivity index (χ0) is 32.6. The molecule has 0 atom stereocenters. The normalized spacial score (nSPS) is 11.1. The lowest BCUT2D eigenvalue weighted by Crippen LogP contribution is -2.17. The van der Waals surface area contributed by atoms with Crippen molar-refractivity contribution in [1.29, 1.82) is 0 Å². The number of isocyanates is 1. The van der Waals surface area contributed by atoms with Crippen LogP contribution < -0.4 is 5.32 Å². The Balaban J connectivity index is 3.05. The summed E-state index contributed by atoms with van der Waals surface area (Å²) in [6.45, 7) is 1.65. The molecule has 3 nitrogen and oxygen atoms in total. The van der Waals surface area contributed by atoms with Crippen molar-refractivity contribution in [2.75, 3.05) is 13.1 Å². The van der Waals surface area contributed by atoms with Crippen LogP contribution in [-0.2, 0) is 4.79 Å². The van der Waals surface area contributed by atoms with Crippen molar-refractivity contribution in [3.63, 3.8) is 0 Å². The smallest absolute Gasteiger partial charge is 0.234 e. The van der Waals surface area contributed by atoms with Gasteiger partial charge in [0.05, 0.1) is 6.54 Å². The van der Waals surface area contributed by atoms with Gasteiger partial charge in [0.2, 0.25) is 6.08 Å². The van der Waals surface area contributed by atoms with Crippen LogP contribution in [0, 0.1) is 0 Å². The minimum atomic E-state index is 0.627. The van der Waals surface area contributed by atoms with Gasteiger partial charge in [-0.05, 0) is 12.8 Å². The van der Waals surface area contributed by atoms with E-state index in [1.54, 1.807) is 6.08 Å². The molecule has 45 heavy (non-hydrogen) atoms. The molecule has 0 bridgehead atoms. The lowest BCUT2D eigenvalue weighted by atomic mass is 10.0. The van der Waals surface area contributed by atoms with Gasteiger partial charge in [-0.1, -0.05) is 231 Å². The molecule has 0 amide bonds. The highest BCUT2D eigenvalue weighted by molar-refractivity contribution is 8.11. The highest BCUT2D eigenvalue weighted by Gasteiger charge is 1.98. The van der Waals surface area contributed by atoms with E-state index >= 15 is 0 Å². The van der Waals surface area contributed by atoms with Crippen molar-refractivity contribution >= 4 is 35.2 Å². The number of nitrogens with zero attached hydrogens (tertiary/aromatic N) is 1. The number of hydrogen-bond acceptors (Lipinski definition) is 3. The predicted molar refractivity (Wildman–Crippen MR) is 209 cm³/mol. The second-order valence-corrected chi connectivity index (χ2v) is 15.1. The highest BCUT2D eigenvalue weighted by Crippen LogP contribution is 2.17. The molecule has 0 saturated carbocycles. The summed E-state index contributed by atoms with van der Waals surface area (Å²) in [6, 6.07) is 0. The Morgan fingerprint density at radius 2 is 0.600 bits per heavy atom. The number of carbonyl (C=O) groups excluding carboxylic acids is 1. The first-order valence-electron chi connectivity index (χ1n) is 20.3. The molecule has 0 radical (unpaired) electrons. The summed E-state index contributed by atoms with van der Waals surface area (Å²) in [7, 11) is 0. The molecule has 0 aromatic rings. The number of nitrogens with one attached hydrogen (secondary N) is 1. The van der Waals surface area contributed by atoms with Gasteiger partial charge in [0.1, 0.15) is 4.32 Å². The third-order valence-electron chi connectivity index (χ3n) is 9.54. The van der Waals surface area contributed by atoms with Gasteiger partial charge < -0.3 is 5.32 Å². The highest BCUT2D eigenvalue weighted by atomic mass is 32.1. The van der Waals surface area contributed by atoms with Crippen LogP contribution in [0.3, 0.4) is 0 Å². The van der Waals surface area contributed by atoms with E-state index in [-0.39, 0.29) is 0 Å². The number of aliphatic imine (C=N–C) groups is 1. The third-order valence-corrected chi connectivity index (χ3v) is 9.84. The Bertz CT molecular complexity index is 585. The van der Waals surface area contributed by atoms with Crippen LogP contribution in [0.1, 0.15) is 231 Å². The van der Waals surface area contributed by atoms with Crippen LogP contribution in [0.5, 0.6) is 0 Å². The Morgan fingerprint density at radius 1 is 0.400 bits per heavy atom. The topological polar surface area (TPSA) is 41.5 Å². The van der Waals surface area contributed by atoms with Gasteiger partial charge in [0.15, 0.2) is 0 Å². The van der Waals surface area contributed by atoms with E-state index in [2.05, 4.69) is 22.9 Å². The van der Waals surface area contributed by atoms with Crippen molar-refractivity contribution in [2.24, 2.45) is 4.99 Å². The maximum atomic E-state index is 10.0. The van der Waals surface area contributed by atoms with Crippen LogP contribution in [0.15, 0.2) is 4.99 Å². The second kappa shape index (κ2) is 41.6. The summed E-state index contributed by atoms with van der Waals surface area (Å²) in [6.07, 6.45) is 52.5. The van der Waals surface area contributed by atoms with E-state index in [9.17, 15) is 4.79 Å². The van der Waals surface area contributed by atoms with Gasteiger partial charge >= 0.3 is 0 Å². The monoisotopic (exact) mass is 667 g/mol. The average Bonchev–Trinajstić information content (AvgIpc) is 3.03. The molecule has 0 rings (SSSR count). The van der Waals surface area contributed by atoms with Gasteiger partial charge in [-0.25, -0.2) is 9.79 Å². The summed E-state index contributed by atoms with van der Waals surface area (Å²) in [4.78, 5) is 13.6. The molecule has 1 N–H and O–H groups in total. The Morgan fingerprint density at radius 3 is 0.800 bits per heavy atom. The Labute approximate surface area is 293 Å². The molecule has 0 aromatic heterocycles. The molecule has 266 valence electrons. The van der Waals surface area contributed by atoms with Gasteiger partial charge in [-0.2, -0.15) is 0 Å². The number of thiol groups is 1. The molecule has 0 aliphatic carbocycles. The molecule has 0 fully saturated rings. The van der Waals surface area contributed by atoms with Gasteiger partial charge in [-0.3, -0.25) is 0 Å². The van der Waals surface area contributed by atoms with Gasteiger partial charge in [-0.15, -0.1) is 12.6 Å². The van der Waals surface area contributed by atoms with Crippen molar-refractivity contribution < 1.29 is 4.79 Å². The fraction of sp³-hybridized carbons (Fsp3) is 0.950. The fourth-order valence-electron chi connectivity index (χ4n) is 6.57. The minimum absolute atomic E-state index is 0.627. The fourth-order valence-corrected chi connectivity index (χ4v) is 6.78. The molecule has 0 saturated heterocycles. The lowest BCUT2D eigenvalue weighted by molar-refractivity contribution is 0.510. The molecule has 0 aliphatic rings. The molecule has 0 unspecified atom stereocenters. The second-order valence-electron chi connectivity index (χ2n) is 13.9.